The second kappa shape index (κ2) is 6.50. The van der Waals surface area contributed by atoms with Gasteiger partial charge in [-0.2, -0.15) is 5.26 Å². The van der Waals surface area contributed by atoms with Gasteiger partial charge in [-0.1, -0.05) is 31.6 Å². The van der Waals surface area contributed by atoms with E-state index in [1.165, 1.54) is 38.2 Å². The van der Waals surface area contributed by atoms with Crippen LogP contribution in [0.5, 0.6) is 0 Å². The first-order valence-corrected chi connectivity index (χ1v) is 10.8. The standard InChI is InChI=1S/C24H33NO2/c1-15(14-25)20-7-8-21-19-6-5-17-13-18(27-16(2)26)9-11-23(17,3)22(19)10-12-24(20,21)4/h5,9,11,15,18-22H,6-8,10,12-13H2,1-4H3/t15-,18+,19+,20-,21+,22+,23+,24-/m1/s1. The van der Waals surface area contributed by atoms with E-state index in [0.29, 0.717) is 17.3 Å². The molecule has 0 N–H and O–H groups in total. The lowest BCUT2D eigenvalue weighted by atomic mass is 9.48. The van der Waals surface area contributed by atoms with Gasteiger partial charge >= 0.3 is 5.97 Å². The van der Waals surface area contributed by atoms with E-state index >= 15 is 0 Å². The van der Waals surface area contributed by atoms with E-state index in [9.17, 15) is 10.1 Å². The van der Waals surface area contributed by atoms with Gasteiger partial charge in [0.2, 0.25) is 0 Å². The molecule has 3 heteroatoms. The van der Waals surface area contributed by atoms with Crippen LogP contribution in [0, 0.1) is 51.8 Å². The lowest BCUT2D eigenvalue weighted by molar-refractivity contribution is -0.144. The second-order valence-electron chi connectivity index (χ2n) is 9.98. The fraction of sp³-hybridized carbons (Fsp3) is 0.750. The lowest BCUT2D eigenvalue weighted by Crippen LogP contribution is -2.49. The van der Waals surface area contributed by atoms with Gasteiger partial charge in [-0.3, -0.25) is 4.79 Å². The normalized spacial score (nSPS) is 46.3. The molecule has 3 nitrogen and oxygen atoms in total. The van der Waals surface area contributed by atoms with Gasteiger partial charge in [0.15, 0.2) is 0 Å². The first-order chi connectivity index (χ1) is 12.8. The largest absolute Gasteiger partial charge is 0.458 e. The van der Waals surface area contributed by atoms with Crippen LogP contribution in [0.1, 0.15) is 66.2 Å². The third-order valence-electron chi connectivity index (χ3n) is 8.81. The summed E-state index contributed by atoms with van der Waals surface area (Å²) >= 11 is 0. The maximum absolute atomic E-state index is 11.4. The molecule has 0 heterocycles. The van der Waals surface area contributed by atoms with E-state index in [2.05, 4.69) is 45.1 Å². The fourth-order valence-electron chi connectivity index (χ4n) is 7.47. The number of hydrogen-bond donors (Lipinski definition) is 0. The van der Waals surface area contributed by atoms with Crippen molar-refractivity contribution in [1.29, 1.82) is 5.26 Å². The summed E-state index contributed by atoms with van der Waals surface area (Å²) in [5.41, 5.74) is 1.91. The van der Waals surface area contributed by atoms with Crippen molar-refractivity contribution in [1.82, 2.24) is 0 Å². The van der Waals surface area contributed by atoms with Gasteiger partial charge in [0, 0.05) is 24.7 Å². The van der Waals surface area contributed by atoms with Gasteiger partial charge in [-0.15, -0.1) is 0 Å². The van der Waals surface area contributed by atoms with Crippen LogP contribution < -0.4 is 0 Å². The van der Waals surface area contributed by atoms with Crippen molar-refractivity contribution in [3.8, 4) is 6.07 Å². The van der Waals surface area contributed by atoms with Gasteiger partial charge in [-0.05, 0) is 74.2 Å². The molecule has 0 unspecified atom stereocenters. The number of fused-ring (bicyclic) bond motifs is 5. The van der Waals surface area contributed by atoms with Crippen LogP contribution in [0.2, 0.25) is 0 Å². The Kier molecular flexibility index (Phi) is 4.53. The zero-order valence-corrected chi connectivity index (χ0v) is 17.2. The van der Waals surface area contributed by atoms with E-state index in [-0.39, 0.29) is 23.4 Å². The van der Waals surface area contributed by atoms with E-state index in [1.54, 1.807) is 0 Å². The molecule has 8 atom stereocenters. The quantitative estimate of drug-likeness (QED) is 0.483. The zero-order chi connectivity index (χ0) is 19.4. The number of nitriles is 1. The van der Waals surface area contributed by atoms with Crippen molar-refractivity contribution in [2.24, 2.45) is 40.4 Å². The Morgan fingerprint density at radius 1 is 1.30 bits per heavy atom. The molecule has 0 saturated heterocycles. The molecule has 4 rings (SSSR count). The van der Waals surface area contributed by atoms with E-state index in [4.69, 9.17) is 4.74 Å². The van der Waals surface area contributed by atoms with Crippen molar-refractivity contribution in [3.05, 3.63) is 23.8 Å². The summed E-state index contributed by atoms with van der Waals surface area (Å²) in [6, 6.07) is 2.55. The van der Waals surface area contributed by atoms with Crippen LogP contribution in [-0.2, 0) is 9.53 Å². The van der Waals surface area contributed by atoms with Crippen LogP contribution >= 0.6 is 0 Å². The summed E-state index contributed by atoms with van der Waals surface area (Å²) < 4.78 is 5.46. The molecule has 0 aromatic heterocycles. The number of nitrogens with zero attached hydrogens (tertiary/aromatic N) is 1. The third kappa shape index (κ3) is 2.79. The second-order valence-corrected chi connectivity index (χ2v) is 9.98. The molecule has 27 heavy (non-hydrogen) atoms. The van der Waals surface area contributed by atoms with E-state index < -0.39 is 0 Å². The number of rotatable bonds is 2. The number of esters is 1. The molecule has 0 radical (unpaired) electrons. The maximum atomic E-state index is 11.4. The highest BCUT2D eigenvalue weighted by Crippen LogP contribution is 2.66. The summed E-state index contributed by atoms with van der Waals surface area (Å²) in [6.45, 7) is 8.51. The SMILES string of the molecule is CC(=O)O[C@H]1C=C[C@@]2(C)C(=CC[C@H]3[C@@H]4CC[C@H]([C@H](C)C#N)[C@@]4(C)CC[C@@H]32)C1. The molecule has 0 amide bonds. The first-order valence-electron chi connectivity index (χ1n) is 10.8. The fourth-order valence-corrected chi connectivity index (χ4v) is 7.47. The summed E-state index contributed by atoms with van der Waals surface area (Å²) in [4.78, 5) is 11.4. The van der Waals surface area contributed by atoms with Crippen LogP contribution in [0.15, 0.2) is 23.8 Å². The highest BCUT2D eigenvalue weighted by molar-refractivity contribution is 5.66. The molecule has 2 saturated carbocycles. The van der Waals surface area contributed by atoms with Gasteiger partial charge < -0.3 is 4.74 Å². The number of hydrogen-bond acceptors (Lipinski definition) is 3. The van der Waals surface area contributed by atoms with Crippen LogP contribution in [-0.4, -0.2) is 12.1 Å². The predicted molar refractivity (Wildman–Crippen MR) is 105 cm³/mol. The number of carbonyl (C=O) groups is 1. The van der Waals surface area contributed by atoms with Crippen molar-refractivity contribution >= 4 is 5.97 Å². The molecule has 0 aromatic rings. The molecule has 4 aliphatic carbocycles. The minimum Gasteiger partial charge on any atom is -0.458 e. The van der Waals surface area contributed by atoms with Crippen LogP contribution in [0.25, 0.3) is 0 Å². The summed E-state index contributed by atoms with van der Waals surface area (Å²) in [6.07, 6.45) is 13.9. The lowest BCUT2D eigenvalue weighted by Gasteiger charge is -2.57. The van der Waals surface area contributed by atoms with Crippen molar-refractivity contribution in [2.45, 2.75) is 72.3 Å². The number of allylic oxidation sites excluding steroid dienone is 2. The van der Waals surface area contributed by atoms with Gasteiger partial charge in [0.25, 0.3) is 0 Å². The minimum atomic E-state index is -0.195. The Balaban J connectivity index is 1.60. The average Bonchev–Trinajstić information content (AvgIpc) is 2.98. The van der Waals surface area contributed by atoms with Gasteiger partial charge in [0.05, 0.1) is 6.07 Å². The van der Waals surface area contributed by atoms with Gasteiger partial charge in [-0.25, -0.2) is 0 Å². The number of ether oxygens (including phenoxy) is 1. The molecule has 4 aliphatic rings. The van der Waals surface area contributed by atoms with Crippen LogP contribution in [0.3, 0.4) is 0 Å². The Morgan fingerprint density at radius 3 is 2.78 bits per heavy atom. The van der Waals surface area contributed by atoms with E-state index in [0.717, 1.165) is 24.7 Å². The van der Waals surface area contributed by atoms with E-state index in [1.807, 2.05) is 0 Å². The molecule has 0 aromatic carbocycles. The monoisotopic (exact) mass is 367 g/mol. The minimum absolute atomic E-state index is 0.0976. The molecule has 0 bridgehead atoms. The average molecular weight is 368 g/mol. The Hall–Kier alpha value is -1.56. The number of carbonyl (C=O) groups excluding carboxylic acids is 1. The van der Waals surface area contributed by atoms with Crippen LogP contribution in [0.4, 0.5) is 0 Å². The molecule has 0 aliphatic heterocycles. The Bertz CT molecular complexity index is 731. The molecule has 2 fully saturated rings. The smallest absolute Gasteiger partial charge is 0.303 e. The zero-order valence-electron chi connectivity index (χ0n) is 17.2. The summed E-state index contributed by atoms with van der Waals surface area (Å²) in [7, 11) is 0. The maximum Gasteiger partial charge on any atom is 0.303 e. The van der Waals surface area contributed by atoms with Gasteiger partial charge in [0.1, 0.15) is 6.10 Å². The topological polar surface area (TPSA) is 50.1 Å². The summed E-state index contributed by atoms with van der Waals surface area (Å²) in [5, 5.41) is 9.51. The highest BCUT2D eigenvalue weighted by atomic mass is 16.5. The molecular weight excluding hydrogens is 334 g/mol. The van der Waals surface area contributed by atoms with Crippen molar-refractivity contribution < 1.29 is 9.53 Å². The highest BCUT2D eigenvalue weighted by Gasteiger charge is 2.58. The first kappa shape index (κ1) is 18.8. The Morgan fingerprint density at radius 2 is 2.07 bits per heavy atom. The Labute approximate surface area is 163 Å². The predicted octanol–water partition coefficient (Wildman–Crippen LogP) is 5.43. The van der Waals surface area contributed by atoms with Crippen molar-refractivity contribution in [2.75, 3.05) is 0 Å². The molecule has 146 valence electrons. The summed E-state index contributed by atoms with van der Waals surface area (Å²) in [5.74, 6) is 2.68. The van der Waals surface area contributed by atoms with Crippen molar-refractivity contribution in [3.63, 3.8) is 0 Å². The molecular formula is C24H33NO2. The molecule has 0 spiro atoms. The third-order valence-corrected chi connectivity index (χ3v) is 8.81.